The van der Waals surface area contributed by atoms with E-state index in [0.717, 1.165) is 17.0 Å². The van der Waals surface area contributed by atoms with Crippen LogP contribution in [0.2, 0.25) is 5.15 Å². The van der Waals surface area contributed by atoms with Crippen molar-refractivity contribution < 1.29 is 4.79 Å². The molecule has 0 aliphatic carbocycles. The highest BCUT2D eigenvalue weighted by Crippen LogP contribution is 2.25. The molecule has 0 saturated carbocycles. The van der Waals surface area contributed by atoms with Crippen LogP contribution in [0.5, 0.6) is 0 Å². The average Bonchev–Trinajstić information content (AvgIpc) is 2.67. The summed E-state index contributed by atoms with van der Waals surface area (Å²) in [5, 5.41) is 1.11. The zero-order chi connectivity index (χ0) is 17.8. The lowest BCUT2D eigenvalue weighted by molar-refractivity contribution is -0.123. The minimum absolute atomic E-state index is 0.111. The van der Waals surface area contributed by atoms with Crippen LogP contribution < -0.4 is 15.8 Å². The fraction of sp³-hybridized carbons (Fsp3) is 0.438. The average molecular weight is 362 g/mol. The molecular weight excluding hydrogens is 342 g/mol. The lowest BCUT2D eigenvalue weighted by Crippen LogP contribution is -2.46. The first kappa shape index (κ1) is 17.5. The van der Waals surface area contributed by atoms with Gasteiger partial charge in [0.1, 0.15) is 0 Å². The number of aromatic nitrogens is 4. The Labute approximate surface area is 151 Å². The number of aryl methyl sites for hydroxylation is 1. The van der Waals surface area contributed by atoms with Crippen molar-refractivity contribution in [1.29, 1.82) is 0 Å². The Morgan fingerprint density at radius 1 is 1.24 bits per heavy atom. The number of nitrogens with two attached hydrogens (primary N) is 1. The van der Waals surface area contributed by atoms with E-state index in [2.05, 4.69) is 31.8 Å². The summed E-state index contributed by atoms with van der Waals surface area (Å²) in [6.07, 6.45) is 8.84. The molecule has 1 aliphatic rings. The van der Waals surface area contributed by atoms with Gasteiger partial charge >= 0.3 is 0 Å². The molecule has 1 fully saturated rings. The Bertz CT molecular complexity index is 732. The number of carbonyl (C=O) groups is 1. The van der Waals surface area contributed by atoms with E-state index in [1.807, 2.05) is 12.4 Å². The van der Waals surface area contributed by atoms with E-state index in [1.54, 1.807) is 0 Å². The molecule has 1 amide bonds. The zero-order valence-corrected chi connectivity index (χ0v) is 14.7. The zero-order valence-electron chi connectivity index (χ0n) is 14.0. The van der Waals surface area contributed by atoms with Gasteiger partial charge in [0.15, 0.2) is 11.0 Å². The SMILES string of the molecule is CCc1cnc(N2CCC(C(=O)N(N)c3nccnc3Cl)CC2)nc1. The maximum Gasteiger partial charge on any atom is 0.245 e. The van der Waals surface area contributed by atoms with Crippen molar-refractivity contribution >= 4 is 29.3 Å². The fourth-order valence-electron chi connectivity index (χ4n) is 2.80. The van der Waals surface area contributed by atoms with Crippen molar-refractivity contribution in [2.45, 2.75) is 26.2 Å². The number of hydrogen-bond acceptors (Lipinski definition) is 7. The van der Waals surface area contributed by atoms with Gasteiger partial charge < -0.3 is 4.90 Å². The normalized spacial score (nSPS) is 15.2. The van der Waals surface area contributed by atoms with Gasteiger partial charge in [-0.1, -0.05) is 18.5 Å². The van der Waals surface area contributed by atoms with Crippen LogP contribution in [0.15, 0.2) is 24.8 Å². The molecule has 0 bridgehead atoms. The van der Waals surface area contributed by atoms with Crippen molar-refractivity contribution in [2.75, 3.05) is 23.0 Å². The molecule has 0 aromatic carbocycles. The Hall–Kier alpha value is -2.32. The van der Waals surface area contributed by atoms with Crippen LogP contribution in [0.3, 0.4) is 0 Å². The van der Waals surface area contributed by atoms with Gasteiger partial charge in [0, 0.05) is 43.8 Å². The molecule has 9 heteroatoms. The molecule has 2 N–H and O–H groups in total. The molecule has 0 unspecified atom stereocenters. The molecule has 1 aliphatic heterocycles. The molecule has 2 aromatic rings. The number of hydrazine groups is 1. The minimum atomic E-state index is -0.204. The summed E-state index contributed by atoms with van der Waals surface area (Å²) >= 11 is 5.96. The number of carbonyl (C=O) groups excluding carboxylic acids is 1. The number of amides is 1. The Balaban J connectivity index is 1.61. The lowest BCUT2D eigenvalue weighted by atomic mass is 9.96. The van der Waals surface area contributed by atoms with E-state index in [4.69, 9.17) is 17.4 Å². The number of halogens is 1. The second-order valence-corrected chi connectivity index (χ2v) is 6.24. The van der Waals surface area contributed by atoms with Crippen LogP contribution in [0.1, 0.15) is 25.3 Å². The van der Waals surface area contributed by atoms with Gasteiger partial charge in [-0.25, -0.2) is 30.8 Å². The molecule has 8 nitrogen and oxygen atoms in total. The van der Waals surface area contributed by atoms with E-state index in [9.17, 15) is 4.79 Å². The van der Waals surface area contributed by atoms with Gasteiger partial charge in [0.25, 0.3) is 0 Å². The van der Waals surface area contributed by atoms with E-state index < -0.39 is 0 Å². The second kappa shape index (κ2) is 7.71. The molecule has 1 saturated heterocycles. The Morgan fingerprint density at radius 2 is 1.88 bits per heavy atom. The van der Waals surface area contributed by atoms with E-state index in [0.29, 0.717) is 31.9 Å². The van der Waals surface area contributed by atoms with Gasteiger partial charge in [-0.2, -0.15) is 0 Å². The highest BCUT2D eigenvalue weighted by atomic mass is 35.5. The molecular formula is C16H20ClN7O. The van der Waals surface area contributed by atoms with E-state index in [1.165, 1.54) is 12.4 Å². The molecule has 0 radical (unpaired) electrons. The number of anilines is 2. The third kappa shape index (κ3) is 3.85. The molecule has 3 heterocycles. The number of piperidine rings is 1. The number of rotatable bonds is 4. The van der Waals surface area contributed by atoms with Crippen LogP contribution in [-0.2, 0) is 11.2 Å². The fourth-order valence-corrected chi connectivity index (χ4v) is 2.99. The summed E-state index contributed by atoms with van der Waals surface area (Å²) in [5.41, 5.74) is 1.11. The number of nitrogens with zero attached hydrogens (tertiary/aromatic N) is 6. The van der Waals surface area contributed by atoms with Gasteiger partial charge in [0.2, 0.25) is 11.9 Å². The van der Waals surface area contributed by atoms with Crippen molar-refractivity contribution in [1.82, 2.24) is 19.9 Å². The summed E-state index contributed by atoms with van der Waals surface area (Å²) in [4.78, 5) is 31.4. The topological polar surface area (TPSA) is 101 Å². The van der Waals surface area contributed by atoms with Gasteiger partial charge in [-0.3, -0.25) is 4.79 Å². The standard InChI is InChI=1S/C16H20ClN7O/c1-2-11-9-21-16(22-10-11)23-7-3-12(4-8-23)15(25)24(18)14-13(17)19-5-6-20-14/h5-6,9-10,12H,2-4,7-8,18H2,1H3. The first-order valence-electron chi connectivity index (χ1n) is 8.21. The van der Waals surface area contributed by atoms with E-state index >= 15 is 0 Å². The van der Waals surface area contributed by atoms with Crippen LogP contribution in [0.25, 0.3) is 0 Å². The summed E-state index contributed by atoms with van der Waals surface area (Å²) < 4.78 is 0. The monoisotopic (exact) mass is 361 g/mol. The molecule has 0 atom stereocenters. The molecule has 0 spiro atoms. The quantitative estimate of drug-likeness (QED) is 0.501. The third-order valence-electron chi connectivity index (χ3n) is 4.33. The van der Waals surface area contributed by atoms with Gasteiger partial charge in [-0.05, 0) is 24.8 Å². The van der Waals surface area contributed by atoms with Crippen molar-refractivity contribution in [3.05, 3.63) is 35.5 Å². The molecule has 2 aromatic heterocycles. The Kier molecular flexibility index (Phi) is 5.40. The van der Waals surface area contributed by atoms with Crippen molar-refractivity contribution in [3.63, 3.8) is 0 Å². The summed E-state index contributed by atoms with van der Waals surface area (Å²) in [5.74, 6) is 6.39. The summed E-state index contributed by atoms with van der Waals surface area (Å²) in [6.45, 7) is 3.46. The van der Waals surface area contributed by atoms with Gasteiger partial charge in [-0.15, -0.1) is 0 Å². The van der Waals surface area contributed by atoms with Crippen LogP contribution >= 0.6 is 11.6 Å². The maximum absolute atomic E-state index is 12.6. The largest absolute Gasteiger partial charge is 0.341 e. The highest BCUT2D eigenvalue weighted by molar-refractivity contribution is 6.32. The van der Waals surface area contributed by atoms with Crippen LogP contribution in [-0.4, -0.2) is 38.9 Å². The van der Waals surface area contributed by atoms with Crippen LogP contribution in [0.4, 0.5) is 11.8 Å². The Morgan fingerprint density at radius 3 is 2.48 bits per heavy atom. The smallest absolute Gasteiger partial charge is 0.245 e. The van der Waals surface area contributed by atoms with Crippen molar-refractivity contribution in [3.8, 4) is 0 Å². The molecule has 25 heavy (non-hydrogen) atoms. The first-order valence-corrected chi connectivity index (χ1v) is 8.59. The predicted molar refractivity (Wildman–Crippen MR) is 95.1 cm³/mol. The first-order chi connectivity index (χ1) is 12.1. The second-order valence-electron chi connectivity index (χ2n) is 5.89. The minimum Gasteiger partial charge on any atom is -0.341 e. The van der Waals surface area contributed by atoms with Crippen LogP contribution in [0, 0.1) is 5.92 Å². The summed E-state index contributed by atoms with van der Waals surface area (Å²) in [7, 11) is 0. The van der Waals surface area contributed by atoms with Crippen molar-refractivity contribution in [2.24, 2.45) is 11.8 Å². The third-order valence-corrected chi connectivity index (χ3v) is 4.60. The number of hydrogen-bond donors (Lipinski definition) is 1. The maximum atomic E-state index is 12.6. The highest BCUT2D eigenvalue weighted by Gasteiger charge is 2.30. The molecule has 132 valence electrons. The molecule has 3 rings (SSSR count). The van der Waals surface area contributed by atoms with Gasteiger partial charge in [0.05, 0.1) is 0 Å². The summed E-state index contributed by atoms with van der Waals surface area (Å²) in [6, 6.07) is 0. The van der Waals surface area contributed by atoms with E-state index in [-0.39, 0.29) is 22.8 Å². The lowest BCUT2D eigenvalue weighted by Gasteiger charge is -2.32. The predicted octanol–water partition coefficient (Wildman–Crippen LogP) is 1.61.